The number of allylic oxidation sites excluding steroid dienone is 2. The fraction of sp³-hybridized carbons (Fsp3) is 0. The van der Waals surface area contributed by atoms with Gasteiger partial charge in [0.1, 0.15) is 0 Å². The van der Waals surface area contributed by atoms with E-state index in [1.54, 1.807) is 6.08 Å². The van der Waals surface area contributed by atoms with E-state index in [2.05, 4.69) is 0 Å². The minimum Gasteiger partial charge on any atom is -0.349 e. The van der Waals surface area contributed by atoms with Crippen LogP contribution in [0, 0.1) is 0 Å². The lowest BCUT2D eigenvalue weighted by Crippen LogP contribution is -2.36. The van der Waals surface area contributed by atoms with Crippen LogP contribution in [0.4, 0.5) is 0 Å². The quantitative estimate of drug-likeness (QED) is 0.346. The van der Waals surface area contributed by atoms with Gasteiger partial charge in [-0.25, -0.2) is 0 Å². The van der Waals surface area contributed by atoms with Crippen LogP contribution < -0.4 is 5.73 Å². The Morgan fingerprint density at radius 2 is 2.22 bits per heavy atom. The molecule has 1 heterocycles. The van der Waals surface area contributed by atoms with Crippen molar-refractivity contribution in [3.8, 4) is 0 Å². The van der Waals surface area contributed by atoms with E-state index in [4.69, 9.17) is 16.1 Å². The van der Waals surface area contributed by atoms with E-state index in [9.17, 15) is 0 Å². The van der Waals surface area contributed by atoms with Gasteiger partial charge in [0.25, 0.3) is 5.82 Å². The predicted molar refractivity (Wildman–Crippen MR) is 32.8 cm³/mol. The van der Waals surface area contributed by atoms with Crippen molar-refractivity contribution in [2.24, 2.45) is 5.73 Å². The lowest BCUT2D eigenvalue weighted by molar-refractivity contribution is -1.12. The van der Waals surface area contributed by atoms with E-state index >= 15 is 0 Å². The molecule has 1 rings (SSSR count). The molecule has 0 bridgehead atoms. The Kier molecular flexibility index (Phi) is 1.50. The van der Waals surface area contributed by atoms with Crippen molar-refractivity contribution in [3.63, 3.8) is 0 Å². The summed E-state index contributed by atoms with van der Waals surface area (Å²) in [5.41, 5.74) is 5.17. The summed E-state index contributed by atoms with van der Waals surface area (Å²) >= 11 is 0.803. The zero-order chi connectivity index (χ0) is 6.91. The summed E-state index contributed by atoms with van der Waals surface area (Å²) in [7, 11) is 0. The number of quaternary nitrogens is 1. The van der Waals surface area contributed by atoms with Crippen molar-refractivity contribution in [3.05, 3.63) is 23.4 Å². The Morgan fingerprint density at radius 1 is 1.56 bits per heavy atom. The fourth-order valence-corrected chi connectivity index (χ4v) is 0.917. The topological polar surface area (TPSA) is 66.5 Å². The molecular formula is C4H7N2O2S+. The molecule has 1 aliphatic heterocycles. The van der Waals surface area contributed by atoms with Gasteiger partial charge in [-0.1, -0.05) is 0 Å². The molecule has 0 spiro atoms. The van der Waals surface area contributed by atoms with Crippen molar-refractivity contribution in [1.29, 1.82) is 0 Å². The maximum atomic E-state index is 8.85. The molecule has 0 aromatic carbocycles. The molecule has 0 aliphatic carbocycles. The molecule has 0 radical (unpaired) electrons. The summed E-state index contributed by atoms with van der Waals surface area (Å²) in [6.07, 6.45) is 3.07. The van der Waals surface area contributed by atoms with Crippen molar-refractivity contribution in [2.75, 3.05) is 0 Å². The zero-order valence-electron chi connectivity index (χ0n) is 4.56. The largest absolute Gasteiger partial charge is 0.349 e. The summed E-state index contributed by atoms with van der Waals surface area (Å²) in [4.78, 5) is 0. The molecule has 50 valence electrons. The Labute approximate surface area is 56.5 Å². The molecule has 4 nitrogen and oxygen atoms in total. The summed E-state index contributed by atoms with van der Waals surface area (Å²) in [5, 5.41) is 19.2. The summed E-state index contributed by atoms with van der Waals surface area (Å²) in [6, 6.07) is 0. The molecule has 0 aromatic rings. The molecule has 5 heteroatoms. The summed E-state index contributed by atoms with van der Waals surface area (Å²) in [6.45, 7) is 0. The van der Waals surface area contributed by atoms with Gasteiger partial charge >= 0.3 is 0 Å². The Balaban J connectivity index is 2.83. The molecule has 0 unspecified atom stereocenters. The van der Waals surface area contributed by atoms with Crippen LogP contribution in [0.2, 0.25) is 0 Å². The SMILES string of the molecule is NC1=CC=CS[N+]1(O)O. The van der Waals surface area contributed by atoms with Crippen LogP contribution >= 0.6 is 11.9 Å². The first-order chi connectivity index (χ1) is 4.13. The number of hydrogen-bond acceptors (Lipinski definition) is 4. The number of rotatable bonds is 0. The van der Waals surface area contributed by atoms with Gasteiger partial charge in [-0.3, -0.25) is 0 Å². The molecule has 0 saturated heterocycles. The van der Waals surface area contributed by atoms with Crippen molar-refractivity contribution < 1.29 is 14.6 Å². The Hall–Kier alpha value is -0.490. The van der Waals surface area contributed by atoms with Gasteiger partial charge < -0.3 is 5.73 Å². The Morgan fingerprint density at radius 3 is 2.56 bits per heavy atom. The summed E-state index contributed by atoms with van der Waals surface area (Å²) < 4.78 is -1.30. The first-order valence-electron chi connectivity index (χ1n) is 2.29. The number of nitrogens with zero attached hydrogens (tertiary/aromatic N) is 1. The highest BCUT2D eigenvalue weighted by molar-refractivity contribution is 7.96. The molecule has 0 atom stereocenters. The van der Waals surface area contributed by atoms with Crippen molar-refractivity contribution in [2.45, 2.75) is 0 Å². The van der Waals surface area contributed by atoms with Crippen LogP contribution in [0.25, 0.3) is 0 Å². The van der Waals surface area contributed by atoms with E-state index in [1.807, 2.05) is 0 Å². The molecule has 9 heavy (non-hydrogen) atoms. The lowest BCUT2D eigenvalue weighted by atomic mass is 10.5. The third-order valence-electron chi connectivity index (χ3n) is 0.890. The smallest absolute Gasteiger partial charge is 0.279 e. The number of nitrogens with two attached hydrogens (primary N) is 1. The van der Waals surface area contributed by atoms with E-state index in [-0.39, 0.29) is 5.82 Å². The van der Waals surface area contributed by atoms with Crippen LogP contribution in [-0.2, 0) is 0 Å². The molecule has 0 amide bonds. The fourth-order valence-electron chi connectivity index (χ4n) is 0.416. The monoisotopic (exact) mass is 147 g/mol. The molecular weight excluding hydrogens is 140 g/mol. The van der Waals surface area contributed by atoms with Gasteiger partial charge in [-0.2, -0.15) is 10.4 Å². The van der Waals surface area contributed by atoms with E-state index in [0.29, 0.717) is 0 Å². The van der Waals surface area contributed by atoms with Crippen LogP contribution in [0.3, 0.4) is 0 Å². The third kappa shape index (κ3) is 1.25. The first-order valence-corrected chi connectivity index (χ1v) is 3.12. The lowest BCUT2D eigenvalue weighted by Gasteiger charge is -2.16. The van der Waals surface area contributed by atoms with Gasteiger partial charge in [-0.15, -0.1) is 0 Å². The molecule has 4 N–H and O–H groups in total. The molecule has 0 saturated carbocycles. The molecule has 1 aliphatic rings. The van der Waals surface area contributed by atoms with E-state index in [0.717, 1.165) is 11.9 Å². The second-order valence-corrected chi connectivity index (χ2v) is 2.56. The normalized spacial score (nSPS) is 23.6. The van der Waals surface area contributed by atoms with Crippen LogP contribution in [0.5, 0.6) is 0 Å². The van der Waals surface area contributed by atoms with Gasteiger partial charge in [-0.05, 0) is 6.08 Å². The molecule has 0 fully saturated rings. The number of hydroxylamine groups is 2. The second-order valence-electron chi connectivity index (χ2n) is 1.57. The minimum atomic E-state index is -1.30. The highest BCUT2D eigenvalue weighted by Crippen LogP contribution is 2.24. The maximum Gasteiger partial charge on any atom is 0.279 e. The zero-order valence-corrected chi connectivity index (χ0v) is 5.38. The van der Waals surface area contributed by atoms with E-state index in [1.165, 1.54) is 11.5 Å². The van der Waals surface area contributed by atoms with Crippen molar-refractivity contribution >= 4 is 11.9 Å². The van der Waals surface area contributed by atoms with Crippen LogP contribution in [-0.4, -0.2) is 14.6 Å². The van der Waals surface area contributed by atoms with E-state index < -0.39 is 4.21 Å². The minimum absolute atomic E-state index is 0.00231. The third-order valence-corrected chi connectivity index (χ3v) is 1.67. The van der Waals surface area contributed by atoms with Gasteiger partial charge in [0.15, 0.2) is 11.9 Å². The highest BCUT2D eigenvalue weighted by Gasteiger charge is 2.30. The first kappa shape index (κ1) is 6.63. The van der Waals surface area contributed by atoms with Crippen molar-refractivity contribution in [1.82, 2.24) is 0 Å². The highest BCUT2D eigenvalue weighted by atomic mass is 32.2. The number of hydrogen-bond donors (Lipinski definition) is 3. The van der Waals surface area contributed by atoms with Crippen LogP contribution in [0.1, 0.15) is 0 Å². The average Bonchev–Trinajstić information content (AvgIpc) is 1.77. The van der Waals surface area contributed by atoms with Gasteiger partial charge in [0.05, 0.1) is 4.21 Å². The predicted octanol–water partition coefficient (Wildman–Crippen LogP) is 0.557. The van der Waals surface area contributed by atoms with Gasteiger partial charge in [0.2, 0.25) is 0 Å². The average molecular weight is 147 g/mol. The summed E-state index contributed by atoms with van der Waals surface area (Å²) in [5.74, 6) is 0.00231. The maximum absolute atomic E-state index is 8.85. The Bertz CT molecular complexity index is 175. The molecule has 0 aromatic heterocycles. The standard InChI is InChI=1S/C4H7N2O2S/c5-4-2-1-3-9-6(4,7)8/h1-3,7-8H,5H2/q+1. The second kappa shape index (κ2) is 2.03. The van der Waals surface area contributed by atoms with Gasteiger partial charge in [0, 0.05) is 11.5 Å². The van der Waals surface area contributed by atoms with Crippen LogP contribution in [0.15, 0.2) is 23.4 Å².